The molecule has 3 rings (SSSR count). The van der Waals surface area contributed by atoms with Crippen molar-refractivity contribution in [3.8, 4) is 0 Å². The van der Waals surface area contributed by atoms with Crippen LogP contribution >= 0.6 is 11.3 Å². The molecule has 1 unspecified atom stereocenters. The Hall–Kier alpha value is -1.23. The molecule has 1 aliphatic carbocycles. The molecule has 20 heavy (non-hydrogen) atoms. The van der Waals surface area contributed by atoms with Crippen LogP contribution in [0.1, 0.15) is 38.9 Å². The van der Waals surface area contributed by atoms with E-state index in [-0.39, 0.29) is 11.9 Å². The monoisotopic (exact) mass is 290 g/mol. The van der Waals surface area contributed by atoms with Crippen LogP contribution in [0.3, 0.4) is 0 Å². The van der Waals surface area contributed by atoms with Gasteiger partial charge in [0.15, 0.2) is 0 Å². The van der Waals surface area contributed by atoms with Crippen molar-refractivity contribution in [2.45, 2.75) is 38.6 Å². The average Bonchev–Trinajstić information content (AvgIpc) is 2.98. The molecule has 2 aromatic rings. The summed E-state index contributed by atoms with van der Waals surface area (Å²) in [5, 5.41) is 0. The van der Waals surface area contributed by atoms with Crippen molar-refractivity contribution in [2.24, 2.45) is 5.84 Å². The smallest absolute Gasteiger partial charge is 0.123 e. The predicted octanol–water partition coefficient (Wildman–Crippen LogP) is 3.43. The van der Waals surface area contributed by atoms with E-state index in [9.17, 15) is 4.39 Å². The highest BCUT2D eigenvalue weighted by molar-refractivity contribution is 7.12. The molecule has 0 amide bonds. The van der Waals surface area contributed by atoms with Gasteiger partial charge in [0.05, 0.1) is 6.04 Å². The highest BCUT2D eigenvalue weighted by Crippen LogP contribution is 2.34. The minimum absolute atomic E-state index is 0.106. The number of fused-ring (bicyclic) bond motifs is 1. The molecule has 0 saturated heterocycles. The molecule has 1 aliphatic rings. The Labute approximate surface area is 122 Å². The lowest BCUT2D eigenvalue weighted by Gasteiger charge is -2.16. The molecule has 0 fully saturated rings. The molecule has 1 heterocycles. The molecule has 1 atom stereocenters. The Morgan fingerprint density at radius 1 is 1.35 bits per heavy atom. The van der Waals surface area contributed by atoms with Crippen molar-refractivity contribution in [1.29, 1.82) is 0 Å². The number of thiophene rings is 1. The summed E-state index contributed by atoms with van der Waals surface area (Å²) >= 11 is 1.87. The van der Waals surface area contributed by atoms with E-state index in [0.29, 0.717) is 0 Å². The zero-order valence-corrected chi connectivity index (χ0v) is 12.4. The van der Waals surface area contributed by atoms with Crippen LogP contribution in [-0.4, -0.2) is 0 Å². The van der Waals surface area contributed by atoms with Crippen LogP contribution in [0.2, 0.25) is 0 Å². The van der Waals surface area contributed by atoms with Gasteiger partial charge >= 0.3 is 0 Å². The summed E-state index contributed by atoms with van der Waals surface area (Å²) in [5.74, 6) is 5.55. The SMILES string of the molecule is Cc1cc(F)ccc1CC(NN)c1cc2c(s1)CCC2. The average molecular weight is 290 g/mol. The van der Waals surface area contributed by atoms with Crippen LogP contribution in [-0.2, 0) is 19.3 Å². The first-order valence-corrected chi connectivity index (χ1v) is 7.81. The standard InChI is InChI=1S/C16H19FN2S/c1-10-7-13(17)6-5-11(10)8-14(19-18)16-9-12-3-2-4-15(12)20-16/h5-7,9,14,19H,2-4,8,18H2,1H3. The molecule has 0 spiro atoms. The first-order valence-electron chi connectivity index (χ1n) is 7.00. The second kappa shape index (κ2) is 5.64. The number of aryl methyl sites for hydroxylation is 3. The Kier molecular flexibility index (Phi) is 3.87. The van der Waals surface area contributed by atoms with Gasteiger partial charge < -0.3 is 0 Å². The molecule has 1 aromatic carbocycles. The summed E-state index contributed by atoms with van der Waals surface area (Å²) in [7, 11) is 0. The van der Waals surface area contributed by atoms with E-state index in [1.54, 1.807) is 6.07 Å². The first kappa shape index (κ1) is 13.7. The maximum Gasteiger partial charge on any atom is 0.123 e. The third kappa shape index (κ3) is 2.64. The van der Waals surface area contributed by atoms with E-state index < -0.39 is 0 Å². The number of benzene rings is 1. The Balaban J connectivity index is 1.82. The third-order valence-electron chi connectivity index (χ3n) is 4.04. The number of rotatable bonds is 4. The van der Waals surface area contributed by atoms with Crippen LogP contribution in [0.15, 0.2) is 24.3 Å². The van der Waals surface area contributed by atoms with Gasteiger partial charge in [-0.1, -0.05) is 6.07 Å². The van der Waals surface area contributed by atoms with Gasteiger partial charge in [-0.2, -0.15) is 0 Å². The molecular formula is C16H19FN2S. The minimum Gasteiger partial charge on any atom is -0.271 e. The summed E-state index contributed by atoms with van der Waals surface area (Å²) in [6.45, 7) is 1.94. The summed E-state index contributed by atoms with van der Waals surface area (Å²) in [5.41, 5.74) is 6.52. The molecule has 0 bridgehead atoms. The number of hydrazine groups is 1. The lowest BCUT2D eigenvalue weighted by molar-refractivity contribution is 0.557. The second-order valence-corrected chi connectivity index (χ2v) is 6.61. The van der Waals surface area contributed by atoms with Crippen LogP contribution in [0, 0.1) is 12.7 Å². The third-order valence-corrected chi connectivity index (χ3v) is 5.39. The molecule has 0 aliphatic heterocycles. The molecule has 1 aromatic heterocycles. The number of hydrogen-bond donors (Lipinski definition) is 2. The minimum atomic E-state index is -0.182. The molecule has 0 radical (unpaired) electrons. The van der Waals surface area contributed by atoms with Gasteiger partial charge in [0, 0.05) is 9.75 Å². The number of halogens is 1. The van der Waals surface area contributed by atoms with Gasteiger partial charge in [-0.05, 0) is 67.5 Å². The van der Waals surface area contributed by atoms with Crippen LogP contribution in [0.5, 0.6) is 0 Å². The van der Waals surface area contributed by atoms with E-state index in [2.05, 4.69) is 11.5 Å². The second-order valence-electron chi connectivity index (χ2n) is 5.44. The van der Waals surface area contributed by atoms with Crippen molar-refractivity contribution in [1.82, 2.24) is 5.43 Å². The fourth-order valence-electron chi connectivity index (χ4n) is 2.87. The topological polar surface area (TPSA) is 38.0 Å². The zero-order valence-electron chi connectivity index (χ0n) is 11.6. The zero-order chi connectivity index (χ0) is 14.1. The van der Waals surface area contributed by atoms with Gasteiger partial charge in [0.25, 0.3) is 0 Å². The number of hydrogen-bond acceptors (Lipinski definition) is 3. The highest BCUT2D eigenvalue weighted by Gasteiger charge is 2.20. The van der Waals surface area contributed by atoms with Crippen molar-refractivity contribution in [3.63, 3.8) is 0 Å². The van der Waals surface area contributed by atoms with E-state index in [0.717, 1.165) is 17.5 Å². The Morgan fingerprint density at radius 2 is 2.20 bits per heavy atom. The molecule has 0 saturated carbocycles. The lowest BCUT2D eigenvalue weighted by atomic mass is 10.00. The van der Waals surface area contributed by atoms with E-state index >= 15 is 0 Å². The summed E-state index contributed by atoms with van der Waals surface area (Å²) in [6, 6.07) is 7.35. The first-order chi connectivity index (χ1) is 9.67. The number of nitrogens with one attached hydrogen (secondary N) is 1. The maximum absolute atomic E-state index is 13.2. The Morgan fingerprint density at radius 3 is 2.90 bits per heavy atom. The van der Waals surface area contributed by atoms with Crippen LogP contribution in [0.4, 0.5) is 4.39 Å². The quantitative estimate of drug-likeness (QED) is 0.669. The molecular weight excluding hydrogens is 271 g/mol. The maximum atomic E-state index is 13.2. The lowest BCUT2D eigenvalue weighted by Crippen LogP contribution is -2.29. The van der Waals surface area contributed by atoms with Gasteiger partial charge in [0.1, 0.15) is 5.82 Å². The molecule has 106 valence electrons. The van der Waals surface area contributed by atoms with E-state index in [1.807, 2.05) is 24.3 Å². The normalized spacial score (nSPS) is 15.3. The van der Waals surface area contributed by atoms with Crippen LogP contribution < -0.4 is 11.3 Å². The highest BCUT2D eigenvalue weighted by atomic mass is 32.1. The van der Waals surface area contributed by atoms with Gasteiger partial charge in [-0.15, -0.1) is 11.3 Å². The van der Waals surface area contributed by atoms with Crippen molar-refractivity contribution in [2.75, 3.05) is 0 Å². The molecule has 4 heteroatoms. The summed E-state index contributed by atoms with van der Waals surface area (Å²) in [4.78, 5) is 2.80. The fraction of sp³-hybridized carbons (Fsp3) is 0.375. The van der Waals surface area contributed by atoms with Crippen molar-refractivity contribution < 1.29 is 4.39 Å². The fourth-order valence-corrected chi connectivity index (χ4v) is 4.19. The predicted molar refractivity (Wildman–Crippen MR) is 81.2 cm³/mol. The van der Waals surface area contributed by atoms with Gasteiger partial charge in [-0.3, -0.25) is 11.3 Å². The van der Waals surface area contributed by atoms with Crippen molar-refractivity contribution >= 4 is 11.3 Å². The summed E-state index contributed by atoms with van der Waals surface area (Å²) in [6.07, 6.45) is 4.47. The van der Waals surface area contributed by atoms with Gasteiger partial charge in [-0.25, -0.2) is 4.39 Å². The molecule has 3 N–H and O–H groups in total. The Bertz CT molecular complexity index is 599. The largest absolute Gasteiger partial charge is 0.271 e. The van der Waals surface area contributed by atoms with Crippen molar-refractivity contribution in [3.05, 3.63) is 56.5 Å². The molecule has 2 nitrogen and oxygen atoms in total. The number of nitrogens with two attached hydrogens (primary N) is 1. The van der Waals surface area contributed by atoms with E-state index in [4.69, 9.17) is 5.84 Å². The van der Waals surface area contributed by atoms with Gasteiger partial charge in [0.2, 0.25) is 0 Å². The summed E-state index contributed by atoms with van der Waals surface area (Å²) < 4.78 is 13.2. The van der Waals surface area contributed by atoms with E-state index in [1.165, 1.54) is 40.6 Å². The van der Waals surface area contributed by atoms with Crippen LogP contribution in [0.25, 0.3) is 0 Å².